The summed E-state index contributed by atoms with van der Waals surface area (Å²) in [5.74, 6) is -0.887. The molecular formula is C11H14FN3O2. The molecule has 5 nitrogen and oxygen atoms in total. The van der Waals surface area contributed by atoms with E-state index in [2.05, 4.69) is 16.0 Å². The lowest BCUT2D eigenvalue weighted by molar-refractivity contribution is -0.120. The SMILES string of the molecule is CNC(=O)NC(=O)C(C)Nc1cccc(F)c1. The van der Waals surface area contributed by atoms with Crippen LogP contribution in [0, 0.1) is 5.82 Å². The van der Waals surface area contributed by atoms with Crippen LogP contribution in [0.25, 0.3) is 0 Å². The molecule has 1 rings (SSSR count). The number of urea groups is 1. The molecule has 92 valence electrons. The molecule has 1 aromatic rings. The van der Waals surface area contributed by atoms with E-state index in [0.29, 0.717) is 5.69 Å². The third-order valence-electron chi connectivity index (χ3n) is 2.06. The molecule has 0 spiro atoms. The van der Waals surface area contributed by atoms with E-state index in [1.54, 1.807) is 13.0 Å². The number of benzene rings is 1. The molecule has 1 aromatic carbocycles. The zero-order valence-electron chi connectivity index (χ0n) is 9.58. The maximum Gasteiger partial charge on any atom is 0.321 e. The molecule has 0 aliphatic rings. The van der Waals surface area contributed by atoms with E-state index in [4.69, 9.17) is 0 Å². The Balaban J connectivity index is 2.57. The van der Waals surface area contributed by atoms with Crippen molar-refractivity contribution in [1.82, 2.24) is 10.6 Å². The van der Waals surface area contributed by atoms with Gasteiger partial charge in [0.1, 0.15) is 11.9 Å². The molecular weight excluding hydrogens is 225 g/mol. The van der Waals surface area contributed by atoms with Crippen molar-refractivity contribution >= 4 is 17.6 Å². The van der Waals surface area contributed by atoms with E-state index in [-0.39, 0.29) is 0 Å². The van der Waals surface area contributed by atoms with Crippen molar-refractivity contribution in [3.63, 3.8) is 0 Å². The predicted octanol–water partition coefficient (Wildman–Crippen LogP) is 1.08. The second kappa shape index (κ2) is 5.83. The highest BCUT2D eigenvalue weighted by molar-refractivity contribution is 5.97. The zero-order valence-corrected chi connectivity index (χ0v) is 9.58. The molecule has 0 radical (unpaired) electrons. The van der Waals surface area contributed by atoms with Gasteiger partial charge in [0.15, 0.2) is 0 Å². The number of rotatable bonds is 3. The van der Waals surface area contributed by atoms with E-state index < -0.39 is 23.8 Å². The fourth-order valence-electron chi connectivity index (χ4n) is 1.18. The fourth-order valence-corrected chi connectivity index (χ4v) is 1.18. The summed E-state index contributed by atoms with van der Waals surface area (Å²) in [6.45, 7) is 1.57. The van der Waals surface area contributed by atoms with Crippen LogP contribution in [0.3, 0.4) is 0 Å². The van der Waals surface area contributed by atoms with Crippen LogP contribution in [-0.4, -0.2) is 25.0 Å². The Hall–Kier alpha value is -2.11. The molecule has 3 N–H and O–H groups in total. The lowest BCUT2D eigenvalue weighted by atomic mass is 10.2. The second-order valence-corrected chi connectivity index (χ2v) is 3.44. The van der Waals surface area contributed by atoms with Crippen molar-refractivity contribution < 1.29 is 14.0 Å². The Kier molecular flexibility index (Phi) is 4.45. The number of hydrogen-bond donors (Lipinski definition) is 3. The van der Waals surface area contributed by atoms with Gasteiger partial charge in [0, 0.05) is 12.7 Å². The van der Waals surface area contributed by atoms with Gasteiger partial charge in [-0.15, -0.1) is 0 Å². The third kappa shape index (κ3) is 4.10. The van der Waals surface area contributed by atoms with Crippen molar-refractivity contribution in [1.29, 1.82) is 0 Å². The van der Waals surface area contributed by atoms with E-state index in [0.717, 1.165) is 0 Å². The van der Waals surface area contributed by atoms with Gasteiger partial charge in [0.2, 0.25) is 5.91 Å². The van der Waals surface area contributed by atoms with Crippen molar-refractivity contribution in [3.05, 3.63) is 30.1 Å². The Bertz CT molecular complexity index is 423. The minimum absolute atomic E-state index is 0.395. The lowest BCUT2D eigenvalue weighted by Gasteiger charge is -2.14. The number of hydrogen-bond acceptors (Lipinski definition) is 3. The van der Waals surface area contributed by atoms with Crippen molar-refractivity contribution in [2.24, 2.45) is 0 Å². The molecule has 1 unspecified atom stereocenters. The molecule has 0 fully saturated rings. The largest absolute Gasteiger partial charge is 0.374 e. The Labute approximate surface area is 98.4 Å². The van der Waals surface area contributed by atoms with Gasteiger partial charge in [0.25, 0.3) is 0 Å². The highest BCUT2D eigenvalue weighted by atomic mass is 19.1. The maximum absolute atomic E-state index is 12.9. The number of nitrogens with one attached hydrogen (secondary N) is 3. The third-order valence-corrected chi connectivity index (χ3v) is 2.06. The van der Waals surface area contributed by atoms with Crippen LogP contribution in [-0.2, 0) is 4.79 Å². The van der Waals surface area contributed by atoms with E-state index in [1.807, 2.05) is 0 Å². The normalized spacial score (nSPS) is 11.5. The topological polar surface area (TPSA) is 70.2 Å². The first-order chi connectivity index (χ1) is 8.02. The van der Waals surface area contributed by atoms with Crippen molar-refractivity contribution in [2.45, 2.75) is 13.0 Å². The van der Waals surface area contributed by atoms with Crippen LogP contribution in [0.5, 0.6) is 0 Å². The number of carbonyl (C=O) groups is 2. The molecule has 0 bridgehead atoms. The predicted molar refractivity (Wildman–Crippen MR) is 62.1 cm³/mol. The molecule has 0 aromatic heterocycles. The summed E-state index contributed by atoms with van der Waals surface area (Å²) in [6, 6.07) is 4.51. The minimum Gasteiger partial charge on any atom is -0.374 e. The molecule has 0 aliphatic heterocycles. The van der Waals surface area contributed by atoms with E-state index in [9.17, 15) is 14.0 Å². The van der Waals surface area contributed by atoms with Crippen LogP contribution in [0.4, 0.5) is 14.9 Å². The van der Waals surface area contributed by atoms with Crippen LogP contribution >= 0.6 is 0 Å². The Morgan fingerprint density at radius 2 is 2.06 bits per heavy atom. The Morgan fingerprint density at radius 1 is 1.35 bits per heavy atom. The van der Waals surface area contributed by atoms with Crippen LogP contribution in [0.15, 0.2) is 24.3 Å². The molecule has 3 amide bonds. The summed E-state index contributed by atoms with van der Waals surface area (Å²) < 4.78 is 12.9. The van der Waals surface area contributed by atoms with Crippen LogP contribution < -0.4 is 16.0 Å². The van der Waals surface area contributed by atoms with Crippen LogP contribution in [0.1, 0.15) is 6.92 Å². The summed E-state index contributed by atoms with van der Waals surface area (Å²) in [6.07, 6.45) is 0. The zero-order chi connectivity index (χ0) is 12.8. The van der Waals surface area contributed by atoms with Gasteiger partial charge in [-0.1, -0.05) is 6.07 Å². The monoisotopic (exact) mass is 239 g/mol. The highest BCUT2D eigenvalue weighted by Gasteiger charge is 2.14. The van der Waals surface area contributed by atoms with E-state index >= 15 is 0 Å². The van der Waals surface area contributed by atoms with Crippen molar-refractivity contribution in [2.75, 3.05) is 12.4 Å². The summed E-state index contributed by atoms with van der Waals surface area (Å²) >= 11 is 0. The molecule has 1 atom stereocenters. The van der Waals surface area contributed by atoms with Crippen LogP contribution in [0.2, 0.25) is 0 Å². The molecule has 17 heavy (non-hydrogen) atoms. The van der Waals surface area contributed by atoms with Gasteiger partial charge in [-0.2, -0.15) is 0 Å². The first-order valence-electron chi connectivity index (χ1n) is 5.07. The number of halogens is 1. The van der Waals surface area contributed by atoms with E-state index in [1.165, 1.54) is 25.2 Å². The number of imide groups is 1. The standard InChI is InChI=1S/C11H14FN3O2/c1-7(10(16)15-11(17)13-2)14-9-5-3-4-8(12)6-9/h3-7,14H,1-2H3,(H2,13,15,16,17). The lowest BCUT2D eigenvalue weighted by Crippen LogP contribution is -2.44. The number of carbonyl (C=O) groups excluding carboxylic acids is 2. The summed E-state index contributed by atoms with van der Waals surface area (Å²) in [5, 5.41) is 7.16. The van der Waals surface area contributed by atoms with Gasteiger partial charge >= 0.3 is 6.03 Å². The highest BCUT2D eigenvalue weighted by Crippen LogP contribution is 2.10. The fraction of sp³-hybridized carbons (Fsp3) is 0.273. The minimum atomic E-state index is -0.644. The molecule has 0 heterocycles. The quantitative estimate of drug-likeness (QED) is 0.739. The average Bonchev–Trinajstić information content (AvgIpc) is 2.28. The summed E-state index contributed by atoms with van der Waals surface area (Å²) in [4.78, 5) is 22.4. The first kappa shape index (κ1) is 13.0. The molecule has 0 aliphatic carbocycles. The Morgan fingerprint density at radius 3 is 2.65 bits per heavy atom. The second-order valence-electron chi connectivity index (χ2n) is 3.44. The summed E-state index contributed by atoms with van der Waals surface area (Å²) in [5.41, 5.74) is 0.476. The first-order valence-corrected chi connectivity index (χ1v) is 5.07. The number of amides is 3. The van der Waals surface area contributed by atoms with Crippen molar-refractivity contribution in [3.8, 4) is 0 Å². The van der Waals surface area contributed by atoms with Gasteiger partial charge in [-0.05, 0) is 25.1 Å². The summed E-state index contributed by atoms with van der Waals surface area (Å²) in [7, 11) is 1.41. The van der Waals surface area contributed by atoms with Gasteiger partial charge in [-0.25, -0.2) is 9.18 Å². The number of anilines is 1. The van der Waals surface area contributed by atoms with Gasteiger partial charge in [-0.3, -0.25) is 10.1 Å². The van der Waals surface area contributed by atoms with Gasteiger partial charge in [0.05, 0.1) is 0 Å². The average molecular weight is 239 g/mol. The molecule has 0 saturated carbocycles. The molecule has 6 heteroatoms. The van der Waals surface area contributed by atoms with Gasteiger partial charge < -0.3 is 10.6 Å². The molecule has 0 saturated heterocycles. The maximum atomic E-state index is 12.9. The smallest absolute Gasteiger partial charge is 0.321 e.